The van der Waals surface area contributed by atoms with Gasteiger partial charge < -0.3 is 0 Å². The van der Waals surface area contributed by atoms with Crippen LogP contribution in [0.2, 0.25) is 0 Å². The van der Waals surface area contributed by atoms with E-state index in [4.69, 9.17) is 29.9 Å². The monoisotopic (exact) mass is 829 g/mol. The smallest absolute Gasteiger partial charge is 0.236 e. The number of hydrogen-bond acceptors (Lipinski definition) is 6. The Labute approximate surface area is 373 Å². The van der Waals surface area contributed by atoms with E-state index in [9.17, 15) is 0 Å². The van der Waals surface area contributed by atoms with Crippen LogP contribution in [0, 0.1) is 0 Å². The van der Waals surface area contributed by atoms with E-state index in [1.165, 1.54) is 0 Å². The van der Waals surface area contributed by atoms with Crippen molar-refractivity contribution < 1.29 is 0 Å². The predicted molar refractivity (Wildman–Crippen MR) is 264 cm³/mol. The first kappa shape index (κ1) is 36.7. The van der Waals surface area contributed by atoms with Gasteiger partial charge in [-0.3, -0.25) is 4.57 Å². The number of para-hydroxylation sites is 2. The standard InChI is InChI=1S/C58H35N7/c1-5-17-36(18-6-1)40-31-33-50-52-42(40)29-30-43-41(37-19-7-2-8-20-37)32-34-51(53(43)52)65(50)58-61-48(56-59-46-27-15-13-25-44(46)54(63-56)38-21-9-3-10-22-38)35-49(62-58)57-60-47-28-16-14-26-45(47)55(64-57)39-23-11-4-12-24-39/h1-35H. The third-order valence-corrected chi connectivity index (χ3v) is 12.4. The zero-order chi connectivity index (χ0) is 42.8. The molecule has 0 atom stereocenters. The van der Waals surface area contributed by atoms with Gasteiger partial charge in [-0.05, 0) is 63.4 Å². The number of nitrogens with zero attached hydrogens (tertiary/aromatic N) is 7. The zero-order valence-corrected chi connectivity index (χ0v) is 34.8. The molecule has 7 nitrogen and oxygen atoms in total. The maximum atomic E-state index is 5.45. The predicted octanol–water partition coefficient (Wildman–Crippen LogP) is 14.1. The summed E-state index contributed by atoms with van der Waals surface area (Å²) in [5.74, 6) is 1.41. The van der Waals surface area contributed by atoms with E-state index < -0.39 is 0 Å². The number of fused-ring (bicyclic) bond motifs is 2. The van der Waals surface area contributed by atoms with Gasteiger partial charge in [0, 0.05) is 32.7 Å². The molecule has 0 N–H and O–H groups in total. The van der Waals surface area contributed by atoms with E-state index in [1.54, 1.807) is 0 Å². The summed E-state index contributed by atoms with van der Waals surface area (Å²) in [4.78, 5) is 31.9. The molecule has 302 valence electrons. The molecule has 0 aliphatic carbocycles. The molecule has 0 aliphatic rings. The molecule has 65 heavy (non-hydrogen) atoms. The number of hydrogen-bond donors (Lipinski definition) is 0. The lowest BCUT2D eigenvalue weighted by Gasteiger charge is -2.14. The molecule has 0 amide bonds. The van der Waals surface area contributed by atoms with Gasteiger partial charge in [-0.15, -0.1) is 0 Å². The maximum absolute atomic E-state index is 5.45. The second-order valence-corrected chi connectivity index (χ2v) is 16.2. The van der Waals surface area contributed by atoms with Crippen molar-refractivity contribution in [3.05, 3.63) is 212 Å². The van der Waals surface area contributed by atoms with E-state index in [2.05, 4.69) is 138 Å². The third kappa shape index (κ3) is 6.05. The van der Waals surface area contributed by atoms with Crippen LogP contribution in [0.3, 0.4) is 0 Å². The fraction of sp³-hybridized carbons (Fsp3) is 0. The van der Waals surface area contributed by atoms with Gasteiger partial charge in [-0.1, -0.05) is 182 Å². The van der Waals surface area contributed by atoms with E-state index in [0.29, 0.717) is 29.0 Å². The summed E-state index contributed by atoms with van der Waals surface area (Å²) < 4.78 is 2.19. The van der Waals surface area contributed by atoms with Crippen molar-refractivity contribution >= 4 is 54.4 Å². The van der Waals surface area contributed by atoms with Crippen LogP contribution in [0.15, 0.2) is 212 Å². The molecule has 0 radical (unpaired) electrons. The number of rotatable bonds is 7. The average Bonchev–Trinajstić information content (AvgIpc) is 3.73. The van der Waals surface area contributed by atoms with Gasteiger partial charge >= 0.3 is 0 Å². The first-order chi connectivity index (χ1) is 32.2. The van der Waals surface area contributed by atoms with Crippen molar-refractivity contribution in [2.24, 2.45) is 0 Å². The van der Waals surface area contributed by atoms with E-state index in [1.807, 2.05) is 78.9 Å². The summed E-state index contributed by atoms with van der Waals surface area (Å²) in [5, 5.41) is 6.52. The number of benzene rings is 9. The molecular weight excluding hydrogens is 795 g/mol. The highest BCUT2D eigenvalue weighted by atomic mass is 15.2. The molecule has 0 aliphatic heterocycles. The molecular formula is C58H35N7. The van der Waals surface area contributed by atoms with Crippen LogP contribution in [0.5, 0.6) is 0 Å². The van der Waals surface area contributed by atoms with Gasteiger partial charge in [-0.2, -0.15) is 0 Å². The van der Waals surface area contributed by atoms with Crippen molar-refractivity contribution in [3.8, 4) is 73.8 Å². The van der Waals surface area contributed by atoms with Crippen LogP contribution >= 0.6 is 0 Å². The van der Waals surface area contributed by atoms with E-state index >= 15 is 0 Å². The van der Waals surface area contributed by atoms with Crippen molar-refractivity contribution in [1.82, 2.24) is 34.5 Å². The minimum Gasteiger partial charge on any atom is -0.278 e. The molecule has 13 rings (SSSR count). The fourth-order valence-corrected chi connectivity index (χ4v) is 9.49. The summed E-state index contributed by atoms with van der Waals surface area (Å²) in [6, 6.07) is 73.3. The molecule has 0 fully saturated rings. The molecule has 0 spiro atoms. The highest BCUT2D eigenvalue weighted by Crippen LogP contribution is 2.45. The maximum Gasteiger partial charge on any atom is 0.236 e. The topological polar surface area (TPSA) is 82.3 Å². The van der Waals surface area contributed by atoms with Gasteiger partial charge in [0.2, 0.25) is 5.95 Å². The van der Waals surface area contributed by atoms with Gasteiger partial charge in [0.25, 0.3) is 0 Å². The Morgan fingerprint density at radius 1 is 0.292 bits per heavy atom. The third-order valence-electron chi connectivity index (χ3n) is 12.4. The van der Waals surface area contributed by atoms with Crippen LogP contribution in [0.25, 0.3) is 128 Å². The lowest BCUT2D eigenvalue weighted by molar-refractivity contribution is 0.980. The largest absolute Gasteiger partial charge is 0.278 e. The van der Waals surface area contributed by atoms with Crippen LogP contribution in [0.1, 0.15) is 0 Å². The Balaban J connectivity index is 1.13. The Morgan fingerprint density at radius 3 is 1.11 bits per heavy atom. The fourth-order valence-electron chi connectivity index (χ4n) is 9.49. The van der Waals surface area contributed by atoms with Crippen LogP contribution in [-0.4, -0.2) is 34.5 Å². The molecule has 4 heterocycles. The van der Waals surface area contributed by atoms with Crippen molar-refractivity contribution in [3.63, 3.8) is 0 Å². The highest BCUT2D eigenvalue weighted by molar-refractivity contribution is 6.28. The van der Waals surface area contributed by atoms with Crippen molar-refractivity contribution in [2.75, 3.05) is 0 Å². The first-order valence-electron chi connectivity index (χ1n) is 21.7. The molecule has 4 aromatic heterocycles. The first-order valence-corrected chi connectivity index (χ1v) is 21.7. The molecule has 0 saturated carbocycles. The SMILES string of the molecule is c1ccc(-c2nc(-c3cc(-c4nc(-c5ccccc5)c5ccccc5n4)nc(-n4c5ccc(-c6ccccc6)c6ccc7c(-c8ccccc8)ccc4c7c65)n3)nc3ccccc23)cc1. The van der Waals surface area contributed by atoms with Gasteiger partial charge in [0.15, 0.2) is 11.6 Å². The summed E-state index contributed by atoms with van der Waals surface area (Å²) in [6.45, 7) is 0. The van der Waals surface area contributed by atoms with Gasteiger partial charge in [-0.25, -0.2) is 29.9 Å². The summed E-state index contributed by atoms with van der Waals surface area (Å²) in [5.41, 5.74) is 13.0. The lowest BCUT2D eigenvalue weighted by atomic mass is 9.91. The van der Waals surface area contributed by atoms with Crippen LogP contribution in [0.4, 0.5) is 0 Å². The Bertz CT molecular complexity index is 3670. The minimum absolute atomic E-state index is 0.465. The summed E-state index contributed by atoms with van der Waals surface area (Å²) in [7, 11) is 0. The van der Waals surface area contributed by atoms with Crippen LogP contribution in [-0.2, 0) is 0 Å². The Morgan fingerprint density at radius 2 is 0.677 bits per heavy atom. The molecule has 0 saturated heterocycles. The van der Waals surface area contributed by atoms with E-state index in [0.717, 1.165) is 99.2 Å². The molecule has 0 unspecified atom stereocenters. The highest BCUT2D eigenvalue weighted by Gasteiger charge is 2.25. The average molecular weight is 830 g/mol. The summed E-state index contributed by atoms with van der Waals surface area (Å²) in [6.07, 6.45) is 0. The summed E-state index contributed by atoms with van der Waals surface area (Å²) >= 11 is 0. The molecule has 7 heteroatoms. The van der Waals surface area contributed by atoms with Gasteiger partial charge in [0.1, 0.15) is 11.4 Å². The van der Waals surface area contributed by atoms with E-state index in [-0.39, 0.29) is 0 Å². The lowest BCUT2D eigenvalue weighted by Crippen LogP contribution is -2.07. The normalized spacial score (nSPS) is 11.7. The molecule has 9 aromatic carbocycles. The van der Waals surface area contributed by atoms with Gasteiger partial charge in [0.05, 0.1) is 33.5 Å². The van der Waals surface area contributed by atoms with Crippen LogP contribution < -0.4 is 0 Å². The number of aromatic nitrogens is 7. The molecule has 13 aromatic rings. The van der Waals surface area contributed by atoms with Crippen molar-refractivity contribution in [2.45, 2.75) is 0 Å². The molecule has 0 bridgehead atoms. The van der Waals surface area contributed by atoms with Crippen molar-refractivity contribution in [1.29, 1.82) is 0 Å². The quantitative estimate of drug-likeness (QED) is 0.149. The Kier molecular flexibility index (Phi) is 8.39. The second kappa shape index (κ2) is 14.9. The Hall–Kier alpha value is -8.94. The second-order valence-electron chi connectivity index (χ2n) is 16.2. The zero-order valence-electron chi connectivity index (χ0n) is 34.8. The minimum atomic E-state index is 0.465.